The zero-order valence-electron chi connectivity index (χ0n) is 14.0. The molecule has 1 N–H and O–H groups in total. The molecule has 0 amide bonds. The van der Waals surface area contributed by atoms with E-state index in [2.05, 4.69) is 9.71 Å². The topological polar surface area (TPSA) is 128 Å². The van der Waals surface area contributed by atoms with E-state index in [0.717, 1.165) is 6.07 Å². The summed E-state index contributed by atoms with van der Waals surface area (Å²) in [5, 5.41) is 10.7. The van der Waals surface area contributed by atoms with Crippen LogP contribution in [0.4, 0.5) is 5.69 Å². The van der Waals surface area contributed by atoms with E-state index in [0.29, 0.717) is 12.0 Å². The van der Waals surface area contributed by atoms with Gasteiger partial charge in [0.2, 0.25) is 0 Å². The summed E-state index contributed by atoms with van der Waals surface area (Å²) in [6, 6.07) is 11.8. The number of rotatable bonds is 6. The summed E-state index contributed by atoms with van der Waals surface area (Å²) in [5.41, 5.74) is 0.405. The fourth-order valence-electron chi connectivity index (χ4n) is 2.50. The van der Waals surface area contributed by atoms with Gasteiger partial charge in [0.1, 0.15) is 5.84 Å². The third-order valence-electron chi connectivity index (χ3n) is 3.76. The number of fused-ring (bicyclic) bond motifs is 1. The lowest BCUT2D eigenvalue weighted by atomic mass is 10.2. The van der Waals surface area contributed by atoms with Gasteiger partial charge in [-0.2, -0.15) is 0 Å². The number of carbonyl (C=O) groups is 1. The Kier molecular flexibility index (Phi) is 5.17. The van der Waals surface area contributed by atoms with Gasteiger partial charge in [-0.05, 0) is 18.2 Å². The van der Waals surface area contributed by atoms with Crippen molar-refractivity contribution in [1.82, 2.24) is 4.72 Å². The largest absolute Gasteiger partial charge is 0.462 e. The van der Waals surface area contributed by atoms with Crippen LogP contribution in [0.25, 0.3) is 0 Å². The van der Waals surface area contributed by atoms with Crippen molar-refractivity contribution in [2.75, 3.05) is 13.2 Å². The maximum absolute atomic E-state index is 12.0. The molecule has 1 aliphatic heterocycles. The highest BCUT2D eigenvalue weighted by molar-refractivity contribution is 7.90. The van der Waals surface area contributed by atoms with E-state index in [-0.39, 0.29) is 35.1 Å². The van der Waals surface area contributed by atoms with E-state index in [1.54, 1.807) is 18.2 Å². The van der Waals surface area contributed by atoms with Gasteiger partial charge < -0.3 is 4.74 Å². The molecule has 10 heteroatoms. The van der Waals surface area contributed by atoms with Crippen LogP contribution in [-0.4, -0.2) is 38.3 Å². The summed E-state index contributed by atoms with van der Waals surface area (Å²) in [4.78, 5) is 26.4. The number of non-ortho nitro benzene ring substituents is 1. The lowest BCUT2D eigenvalue weighted by Gasteiger charge is -2.04. The molecule has 2 aromatic rings. The molecule has 0 fully saturated rings. The Hall–Kier alpha value is -3.27. The molecule has 0 bridgehead atoms. The normalized spacial score (nSPS) is 15.8. The summed E-state index contributed by atoms with van der Waals surface area (Å²) in [7, 11) is -3.58. The first kappa shape index (κ1) is 18.5. The number of sulfonamides is 1. The second-order valence-corrected chi connectivity index (χ2v) is 7.28. The van der Waals surface area contributed by atoms with Crippen LogP contribution in [-0.2, 0) is 14.8 Å². The number of hydrogen-bond acceptors (Lipinski definition) is 7. The Balaban J connectivity index is 1.54. The molecule has 0 saturated carbocycles. The average molecular weight is 389 g/mol. The number of benzene rings is 2. The minimum absolute atomic E-state index is 0.0483. The summed E-state index contributed by atoms with van der Waals surface area (Å²) in [5.74, 6) is -0.408. The highest BCUT2D eigenvalue weighted by Crippen LogP contribution is 2.22. The number of nitrogens with one attached hydrogen (secondary N) is 1. The van der Waals surface area contributed by atoms with Crippen molar-refractivity contribution in [2.24, 2.45) is 4.99 Å². The molecule has 0 atom stereocenters. The molecule has 3 rings (SSSR count). The number of nitrogens with zero attached hydrogens (tertiary/aromatic N) is 2. The smallest absolute Gasteiger partial charge is 0.338 e. The number of nitro benzene ring substituents is 1. The van der Waals surface area contributed by atoms with E-state index >= 15 is 0 Å². The molecule has 0 aromatic heterocycles. The number of carbonyl (C=O) groups excluding carboxylic acids is 1. The lowest BCUT2D eigenvalue weighted by Crippen LogP contribution is -2.22. The van der Waals surface area contributed by atoms with E-state index in [1.165, 1.54) is 24.3 Å². The summed E-state index contributed by atoms with van der Waals surface area (Å²) in [6.45, 7) is 0.293. The molecule has 0 saturated heterocycles. The third kappa shape index (κ3) is 4.11. The second-order valence-electron chi connectivity index (χ2n) is 5.63. The van der Waals surface area contributed by atoms with Crippen LogP contribution in [0.2, 0.25) is 0 Å². The minimum Gasteiger partial charge on any atom is -0.462 e. The molecular weight excluding hydrogens is 374 g/mol. The number of esters is 1. The zero-order valence-corrected chi connectivity index (χ0v) is 14.8. The Labute approximate surface area is 154 Å². The Morgan fingerprint density at radius 1 is 1.19 bits per heavy atom. The van der Waals surface area contributed by atoms with Crippen LogP contribution >= 0.6 is 0 Å². The fraction of sp³-hybridized carbons (Fsp3) is 0.176. The first-order valence-electron chi connectivity index (χ1n) is 7.97. The molecule has 0 spiro atoms. The van der Waals surface area contributed by atoms with E-state index < -0.39 is 20.9 Å². The molecular formula is C17H15N3O6S. The number of nitro groups is 1. The molecule has 0 aliphatic carbocycles. The van der Waals surface area contributed by atoms with Crippen molar-refractivity contribution < 1.29 is 22.9 Å². The Bertz CT molecular complexity index is 1030. The maximum Gasteiger partial charge on any atom is 0.338 e. The molecule has 140 valence electrons. The van der Waals surface area contributed by atoms with Crippen molar-refractivity contribution in [3.63, 3.8) is 0 Å². The Morgan fingerprint density at radius 3 is 2.74 bits per heavy atom. The molecule has 9 nitrogen and oxygen atoms in total. The SMILES string of the molecule is O=C(OCCCN=C1NS(=O)(=O)c2ccccc21)c1cccc([N+](=O)[O-])c1. The quantitative estimate of drug-likeness (QED) is 0.348. The van der Waals surface area contributed by atoms with Gasteiger partial charge in [0.15, 0.2) is 0 Å². The third-order valence-corrected chi connectivity index (χ3v) is 5.16. The van der Waals surface area contributed by atoms with Gasteiger partial charge in [-0.25, -0.2) is 13.2 Å². The molecule has 1 heterocycles. The van der Waals surface area contributed by atoms with Crippen molar-refractivity contribution in [1.29, 1.82) is 0 Å². The lowest BCUT2D eigenvalue weighted by molar-refractivity contribution is -0.384. The molecule has 1 aliphatic rings. The monoisotopic (exact) mass is 389 g/mol. The van der Waals surface area contributed by atoms with E-state index in [4.69, 9.17) is 4.74 Å². The van der Waals surface area contributed by atoms with Crippen molar-refractivity contribution in [3.8, 4) is 0 Å². The Morgan fingerprint density at radius 2 is 1.96 bits per heavy atom. The van der Waals surface area contributed by atoms with Gasteiger partial charge >= 0.3 is 5.97 Å². The van der Waals surface area contributed by atoms with Crippen molar-refractivity contribution in [2.45, 2.75) is 11.3 Å². The zero-order chi connectivity index (χ0) is 19.4. The molecule has 0 radical (unpaired) electrons. The molecule has 0 unspecified atom stereocenters. The molecule has 2 aromatic carbocycles. The number of ether oxygens (including phenoxy) is 1. The van der Waals surface area contributed by atoms with Gasteiger partial charge in [0.25, 0.3) is 15.7 Å². The van der Waals surface area contributed by atoms with Crippen molar-refractivity contribution in [3.05, 3.63) is 69.8 Å². The first-order valence-corrected chi connectivity index (χ1v) is 9.45. The van der Waals surface area contributed by atoms with Gasteiger partial charge in [-0.15, -0.1) is 0 Å². The minimum atomic E-state index is -3.58. The van der Waals surface area contributed by atoms with Gasteiger partial charge in [0.05, 0.1) is 22.0 Å². The summed E-state index contributed by atoms with van der Waals surface area (Å²) >= 11 is 0. The average Bonchev–Trinajstić information content (AvgIpc) is 2.92. The fourth-order valence-corrected chi connectivity index (χ4v) is 3.75. The van der Waals surface area contributed by atoms with Crippen molar-refractivity contribution >= 4 is 27.5 Å². The molecule has 27 heavy (non-hydrogen) atoms. The van der Waals surface area contributed by atoms with Gasteiger partial charge in [-0.3, -0.25) is 19.8 Å². The van der Waals surface area contributed by atoms with Crippen LogP contribution in [0.1, 0.15) is 22.3 Å². The van der Waals surface area contributed by atoms with E-state index in [1.807, 2.05) is 0 Å². The van der Waals surface area contributed by atoms with E-state index in [9.17, 15) is 23.3 Å². The van der Waals surface area contributed by atoms with Crippen LogP contribution < -0.4 is 4.72 Å². The number of aliphatic imine (C=N–C) groups is 1. The van der Waals surface area contributed by atoms with Crippen LogP contribution in [0.5, 0.6) is 0 Å². The summed E-state index contributed by atoms with van der Waals surface area (Å²) in [6.07, 6.45) is 0.369. The maximum atomic E-state index is 12.0. The predicted molar refractivity (Wildman–Crippen MR) is 96.2 cm³/mol. The number of hydrogen-bond donors (Lipinski definition) is 1. The van der Waals surface area contributed by atoms with Crippen LogP contribution in [0, 0.1) is 10.1 Å². The van der Waals surface area contributed by atoms with Gasteiger partial charge in [0, 0.05) is 30.7 Å². The first-order chi connectivity index (χ1) is 12.9. The summed E-state index contributed by atoms with van der Waals surface area (Å²) < 4.78 is 31.4. The highest BCUT2D eigenvalue weighted by atomic mass is 32.2. The van der Waals surface area contributed by atoms with Crippen LogP contribution in [0.3, 0.4) is 0 Å². The van der Waals surface area contributed by atoms with Crippen LogP contribution in [0.15, 0.2) is 58.4 Å². The predicted octanol–water partition coefficient (Wildman–Crippen LogP) is 1.88. The number of amidine groups is 1. The second kappa shape index (κ2) is 7.54. The highest BCUT2D eigenvalue weighted by Gasteiger charge is 2.29. The van der Waals surface area contributed by atoms with Gasteiger partial charge in [-0.1, -0.05) is 18.2 Å². The standard InChI is InChI=1S/C17H15N3O6S/c21-17(12-5-3-6-13(11-12)20(22)23)26-10-4-9-18-16-14-7-1-2-8-15(14)27(24,25)19-16/h1-3,5-8,11H,4,9-10H2,(H,18,19).